The van der Waals surface area contributed by atoms with Gasteiger partial charge in [-0.15, -0.1) is 11.3 Å². The molecule has 2 atom stereocenters. The third-order valence-electron chi connectivity index (χ3n) is 3.38. The quantitative estimate of drug-likeness (QED) is 0.864. The summed E-state index contributed by atoms with van der Waals surface area (Å²) < 4.78 is 0. The molecule has 2 N–H and O–H groups in total. The molecule has 0 aromatic carbocycles. The van der Waals surface area contributed by atoms with E-state index in [2.05, 4.69) is 10.3 Å². The molecule has 1 aromatic heterocycles. The number of anilines is 1. The van der Waals surface area contributed by atoms with Crippen LogP contribution < -0.4 is 5.32 Å². The Hall–Kier alpha value is -0.980. The van der Waals surface area contributed by atoms with Crippen molar-refractivity contribution in [2.75, 3.05) is 18.4 Å². The second kappa shape index (κ2) is 5.34. The smallest absolute Gasteiger partial charge is 0.243 e. The molecular weight excluding hydrogens is 250 g/mol. The summed E-state index contributed by atoms with van der Waals surface area (Å²) in [6, 6.07) is -0.230. The van der Waals surface area contributed by atoms with Crippen LogP contribution in [0.25, 0.3) is 0 Å². The van der Waals surface area contributed by atoms with Crippen molar-refractivity contribution in [1.29, 1.82) is 0 Å². The number of likely N-dealkylation sites (tertiary alicyclic amines) is 1. The Kier molecular flexibility index (Phi) is 3.99. The molecule has 2 rings (SSSR count). The highest BCUT2D eigenvalue weighted by Gasteiger charge is 2.28. The topological polar surface area (TPSA) is 65.5 Å². The molecule has 100 valence electrons. The highest BCUT2D eigenvalue weighted by Crippen LogP contribution is 2.22. The Morgan fingerprint density at radius 2 is 2.33 bits per heavy atom. The standard InChI is InChI=1S/C12H19N3O2S/c1-7-9(3)18-12(13-7)14-11(17)8(2)15-5-4-10(16)6-15/h8,10,16H,4-6H2,1-3H3,(H,13,14,17). The van der Waals surface area contributed by atoms with Crippen LogP contribution in [0.15, 0.2) is 0 Å². The first-order valence-corrected chi connectivity index (χ1v) is 6.96. The van der Waals surface area contributed by atoms with Gasteiger partial charge in [0, 0.05) is 18.0 Å². The Bertz CT molecular complexity index is 427. The molecule has 1 aliphatic heterocycles. The molecule has 2 unspecified atom stereocenters. The Balaban J connectivity index is 1.95. The monoisotopic (exact) mass is 269 g/mol. The number of nitrogens with one attached hydrogen (secondary N) is 1. The summed E-state index contributed by atoms with van der Waals surface area (Å²) in [4.78, 5) is 19.5. The van der Waals surface area contributed by atoms with Crippen LogP contribution in [0.5, 0.6) is 0 Å². The van der Waals surface area contributed by atoms with Crippen LogP contribution in [0, 0.1) is 13.8 Å². The Labute approximate surface area is 111 Å². The number of aromatic nitrogens is 1. The zero-order valence-electron chi connectivity index (χ0n) is 10.9. The zero-order valence-corrected chi connectivity index (χ0v) is 11.8. The number of hydrogen-bond donors (Lipinski definition) is 2. The van der Waals surface area contributed by atoms with Crippen molar-refractivity contribution >= 4 is 22.4 Å². The van der Waals surface area contributed by atoms with Crippen molar-refractivity contribution < 1.29 is 9.90 Å². The van der Waals surface area contributed by atoms with Crippen LogP contribution in [-0.2, 0) is 4.79 Å². The first kappa shape index (κ1) is 13.5. The molecule has 1 saturated heterocycles. The Morgan fingerprint density at radius 1 is 1.61 bits per heavy atom. The largest absolute Gasteiger partial charge is 0.392 e. The molecule has 0 spiro atoms. The normalized spacial score (nSPS) is 22.1. The predicted molar refractivity (Wildman–Crippen MR) is 71.9 cm³/mol. The van der Waals surface area contributed by atoms with Crippen molar-refractivity contribution in [3.8, 4) is 0 Å². The maximum atomic E-state index is 12.1. The number of aryl methyl sites for hydroxylation is 2. The molecule has 0 radical (unpaired) electrons. The SMILES string of the molecule is Cc1nc(NC(=O)C(C)N2CCC(O)C2)sc1C. The molecule has 1 amide bonds. The number of β-amino-alcohol motifs (C(OH)–C–C–N with tert-alkyl or cyclic N) is 1. The van der Waals surface area contributed by atoms with E-state index in [0.29, 0.717) is 11.7 Å². The van der Waals surface area contributed by atoms with Gasteiger partial charge >= 0.3 is 0 Å². The number of hydrogen-bond acceptors (Lipinski definition) is 5. The first-order chi connectivity index (χ1) is 8.47. The number of carbonyl (C=O) groups is 1. The van der Waals surface area contributed by atoms with Gasteiger partial charge in [0.25, 0.3) is 0 Å². The molecule has 0 bridgehead atoms. The molecule has 5 nitrogen and oxygen atoms in total. The van der Waals surface area contributed by atoms with Crippen LogP contribution in [0.2, 0.25) is 0 Å². The van der Waals surface area contributed by atoms with E-state index in [1.165, 1.54) is 11.3 Å². The van der Waals surface area contributed by atoms with Crippen molar-refractivity contribution in [1.82, 2.24) is 9.88 Å². The van der Waals surface area contributed by atoms with E-state index in [9.17, 15) is 9.90 Å². The predicted octanol–water partition coefficient (Wildman–Crippen LogP) is 1.15. The van der Waals surface area contributed by atoms with Crippen LogP contribution in [0.3, 0.4) is 0 Å². The average molecular weight is 269 g/mol. The van der Waals surface area contributed by atoms with E-state index >= 15 is 0 Å². The minimum Gasteiger partial charge on any atom is -0.392 e. The fourth-order valence-corrected chi connectivity index (χ4v) is 2.84. The second-order valence-electron chi connectivity index (χ2n) is 4.76. The first-order valence-electron chi connectivity index (χ1n) is 6.14. The van der Waals surface area contributed by atoms with Gasteiger partial charge in [-0.1, -0.05) is 0 Å². The summed E-state index contributed by atoms with van der Waals surface area (Å²) in [5.41, 5.74) is 0.958. The van der Waals surface area contributed by atoms with E-state index in [1.807, 2.05) is 25.7 Å². The van der Waals surface area contributed by atoms with Gasteiger partial charge in [0.1, 0.15) is 0 Å². The van der Waals surface area contributed by atoms with Gasteiger partial charge in [-0.3, -0.25) is 9.69 Å². The van der Waals surface area contributed by atoms with Crippen LogP contribution >= 0.6 is 11.3 Å². The summed E-state index contributed by atoms with van der Waals surface area (Å²) in [5, 5.41) is 13.0. The van der Waals surface area contributed by atoms with Crippen molar-refractivity contribution in [2.45, 2.75) is 39.3 Å². The average Bonchev–Trinajstić information content (AvgIpc) is 2.85. The molecule has 1 aliphatic rings. The van der Waals surface area contributed by atoms with Crippen molar-refractivity contribution in [3.05, 3.63) is 10.6 Å². The number of carbonyl (C=O) groups excluding carboxylic acids is 1. The number of nitrogens with zero attached hydrogens (tertiary/aromatic N) is 2. The van der Waals surface area contributed by atoms with Gasteiger partial charge in [-0.25, -0.2) is 4.98 Å². The van der Waals surface area contributed by atoms with E-state index in [0.717, 1.165) is 23.5 Å². The number of aliphatic hydroxyl groups is 1. The molecule has 1 aromatic rings. The van der Waals surface area contributed by atoms with Gasteiger partial charge in [-0.2, -0.15) is 0 Å². The van der Waals surface area contributed by atoms with Gasteiger partial charge in [0.2, 0.25) is 5.91 Å². The molecule has 18 heavy (non-hydrogen) atoms. The maximum absolute atomic E-state index is 12.1. The lowest BCUT2D eigenvalue weighted by molar-refractivity contribution is -0.120. The highest BCUT2D eigenvalue weighted by molar-refractivity contribution is 7.15. The van der Waals surface area contributed by atoms with Crippen molar-refractivity contribution in [2.24, 2.45) is 0 Å². The van der Waals surface area contributed by atoms with E-state index in [4.69, 9.17) is 0 Å². The lowest BCUT2D eigenvalue weighted by Gasteiger charge is -2.22. The summed E-state index contributed by atoms with van der Waals surface area (Å²) in [6.07, 6.45) is 0.442. The third-order valence-corrected chi connectivity index (χ3v) is 4.37. The minimum atomic E-state index is -0.301. The third kappa shape index (κ3) is 2.88. The maximum Gasteiger partial charge on any atom is 0.243 e. The van der Waals surface area contributed by atoms with Crippen LogP contribution in [-0.4, -0.2) is 46.1 Å². The molecule has 1 fully saturated rings. The number of aliphatic hydroxyl groups excluding tert-OH is 1. The summed E-state index contributed by atoms with van der Waals surface area (Å²) in [6.45, 7) is 7.13. The second-order valence-corrected chi connectivity index (χ2v) is 5.97. The lowest BCUT2D eigenvalue weighted by Crippen LogP contribution is -2.41. The van der Waals surface area contributed by atoms with Gasteiger partial charge < -0.3 is 10.4 Å². The van der Waals surface area contributed by atoms with E-state index in [1.54, 1.807) is 0 Å². The summed E-state index contributed by atoms with van der Waals surface area (Å²) in [7, 11) is 0. The number of thiazole rings is 1. The van der Waals surface area contributed by atoms with E-state index in [-0.39, 0.29) is 18.1 Å². The minimum absolute atomic E-state index is 0.0575. The lowest BCUT2D eigenvalue weighted by atomic mass is 10.3. The summed E-state index contributed by atoms with van der Waals surface area (Å²) in [5.74, 6) is -0.0575. The molecular formula is C12H19N3O2S. The molecule has 6 heteroatoms. The van der Waals surface area contributed by atoms with Gasteiger partial charge in [-0.05, 0) is 27.2 Å². The van der Waals surface area contributed by atoms with E-state index < -0.39 is 0 Å². The highest BCUT2D eigenvalue weighted by atomic mass is 32.1. The number of rotatable bonds is 3. The van der Waals surface area contributed by atoms with Gasteiger partial charge in [0.15, 0.2) is 5.13 Å². The fourth-order valence-electron chi connectivity index (χ4n) is 2.02. The zero-order chi connectivity index (χ0) is 13.3. The number of amides is 1. The molecule has 2 heterocycles. The summed E-state index contributed by atoms with van der Waals surface area (Å²) >= 11 is 1.49. The Morgan fingerprint density at radius 3 is 2.83 bits per heavy atom. The fraction of sp³-hybridized carbons (Fsp3) is 0.667. The molecule has 0 saturated carbocycles. The molecule has 0 aliphatic carbocycles. The van der Waals surface area contributed by atoms with Crippen LogP contribution in [0.1, 0.15) is 23.9 Å². The van der Waals surface area contributed by atoms with Gasteiger partial charge in [0.05, 0.1) is 17.8 Å². The van der Waals surface area contributed by atoms with Crippen LogP contribution in [0.4, 0.5) is 5.13 Å². The van der Waals surface area contributed by atoms with Crippen molar-refractivity contribution in [3.63, 3.8) is 0 Å².